The second kappa shape index (κ2) is 6.78. The zero-order valence-corrected chi connectivity index (χ0v) is 15.2. The molecule has 0 saturated heterocycles. The molecule has 132 valence electrons. The summed E-state index contributed by atoms with van der Waals surface area (Å²) in [5.41, 5.74) is 7.90. The van der Waals surface area contributed by atoms with Crippen LogP contribution in [-0.4, -0.2) is 16.3 Å². The van der Waals surface area contributed by atoms with Gasteiger partial charge in [-0.3, -0.25) is 0 Å². The van der Waals surface area contributed by atoms with Crippen LogP contribution in [-0.2, 0) is 0 Å². The van der Waals surface area contributed by atoms with E-state index in [9.17, 15) is 5.11 Å². The van der Waals surface area contributed by atoms with Crippen molar-refractivity contribution in [1.82, 2.24) is 4.98 Å². The van der Waals surface area contributed by atoms with E-state index >= 15 is 0 Å². The zero-order chi connectivity index (χ0) is 17.5. The van der Waals surface area contributed by atoms with E-state index in [-0.39, 0.29) is 18.2 Å². The lowest BCUT2D eigenvalue weighted by molar-refractivity contribution is -0.342. The van der Waals surface area contributed by atoms with E-state index in [0.29, 0.717) is 0 Å². The first-order chi connectivity index (χ1) is 12.8. The number of nitrogens with one attached hydrogen (secondary N) is 2. The standard InChI is InChI=1S/C23H16N2O.ClH/c26-16-11-9-15(10-12-16)23(19-13-24-21-7-3-1-5-17(19)21)20-14-25-22-8-4-2-6-18(20)22;/h1-14,24,26H;1H/b23-20+;. The van der Waals surface area contributed by atoms with E-state index < -0.39 is 0 Å². The molecule has 1 aliphatic rings. The Hall–Kier alpha value is -3.30. The molecule has 27 heavy (non-hydrogen) atoms. The molecule has 0 radical (unpaired) electrons. The number of fused-ring (bicyclic) bond motifs is 2. The van der Waals surface area contributed by atoms with Crippen molar-refractivity contribution in [1.29, 1.82) is 0 Å². The van der Waals surface area contributed by atoms with Gasteiger partial charge in [0.2, 0.25) is 5.69 Å². The number of hydrogen-bond acceptors (Lipinski definition) is 1. The molecule has 3 nitrogen and oxygen atoms in total. The minimum absolute atomic E-state index is 0. The number of para-hydroxylation sites is 2. The molecule has 4 aromatic rings. The lowest BCUT2D eigenvalue weighted by Gasteiger charge is -2.10. The molecule has 0 fully saturated rings. The summed E-state index contributed by atoms with van der Waals surface area (Å²) in [6.07, 6.45) is 4.13. The van der Waals surface area contributed by atoms with Gasteiger partial charge in [0.1, 0.15) is 5.75 Å². The molecular weight excluding hydrogens is 356 g/mol. The maximum Gasteiger partial charge on any atom is 0.211 e. The average molecular weight is 373 g/mol. The van der Waals surface area contributed by atoms with Gasteiger partial charge in [0, 0.05) is 34.3 Å². The zero-order valence-electron chi connectivity index (χ0n) is 14.4. The summed E-state index contributed by atoms with van der Waals surface area (Å²) in [4.78, 5) is 6.76. The first kappa shape index (κ1) is 17.1. The second-order valence-corrected chi connectivity index (χ2v) is 6.42. The molecule has 3 N–H and O–H groups in total. The first-order valence-electron chi connectivity index (χ1n) is 8.60. The summed E-state index contributed by atoms with van der Waals surface area (Å²) in [6.45, 7) is 0. The summed E-state index contributed by atoms with van der Waals surface area (Å²) in [5.74, 6) is 0.269. The predicted octanol–water partition coefficient (Wildman–Crippen LogP) is 0.633. The van der Waals surface area contributed by atoms with Gasteiger partial charge in [-0.15, -0.1) is 0 Å². The Balaban J connectivity index is 0.00000180. The van der Waals surface area contributed by atoms with Crippen LogP contribution < -0.4 is 17.4 Å². The Morgan fingerprint density at radius 3 is 2.44 bits per heavy atom. The van der Waals surface area contributed by atoms with Crippen molar-refractivity contribution in [2.45, 2.75) is 0 Å². The Kier molecular flexibility index (Phi) is 4.30. The van der Waals surface area contributed by atoms with Crippen molar-refractivity contribution in [2.24, 2.45) is 0 Å². The Bertz CT molecular complexity index is 1190. The molecule has 0 atom stereocenters. The molecule has 0 bridgehead atoms. The number of benzene rings is 3. The minimum Gasteiger partial charge on any atom is -1.00 e. The van der Waals surface area contributed by atoms with E-state index in [2.05, 4.69) is 58.8 Å². The van der Waals surface area contributed by atoms with Crippen LogP contribution in [0.3, 0.4) is 0 Å². The number of H-pyrrole nitrogens is 1. The van der Waals surface area contributed by atoms with Gasteiger partial charge >= 0.3 is 0 Å². The Labute approximate surface area is 163 Å². The van der Waals surface area contributed by atoms with Gasteiger partial charge in [0.15, 0.2) is 6.21 Å². The van der Waals surface area contributed by atoms with E-state index in [1.807, 2.05) is 24.3 Å². The first-order valence-corrected chi connectivity index (χ1v) is 8.60. The normalized spacial score (nSPS) is 14.1. The number of hydrogen-bond donors (Lipinski definition) is 3. The van der Waals surface area contributed by atoms with E-state index in [0.717, 1.165) is 33.5 Å². The molecule has 4 heteroatoms. The molecular formula is C23H17ClN2O. The number of allylic oxidation sites excluding steroid dienone is 1. The Morgan fingerprint density at radius 2 is 1.59 bits per heavy atom. The molecule has 2 heterocycles. The summed E-state index contributed by atoms with van der Waals surface area (Å²) in [7, 11) is 0. The van der Waals surface area contributed by atoms with E-state index in [1.54, 1.807) is 12.1 Å². The number of phenols is 1. The Morgan fingerprint density at radius 1 is 0.852 bits per heavy atom. The van der Waals surface area contributed by atoms with Crippen molar-refractivity contribution >= 4 is 34.0 Å². The second-order valence-electron chi connectivity index (χ2n) is 6.42. The minimum atomic E-state index is 0. The van der Waals surface area contributed by atoms with Crippen molar-refractivity contribution in [3.63, 3.8) is 0 Å². The van der Waals surface area contributed by atoms with Crippen molar-refractivity contribution in [3.05, 3.63) is 95.7 Å². The van der Waals surface area contributed by atoms with Crippen LogP contribution in [0.2, 0.25) is 0 Å². The van der Waals surface area contributed by atoms with E-state index in [1.165, 1.54) is 10.9 Å². The number of aromatic nitrogens is 1. The van der Waals surface area contributed by atoms with Crippen LogP contribution in [0.25, 0.3) is 22.0 Å². The van der Waals surface area contributed by atoms with Crippen molar-refractivity contribution < 1.29 is 22.5 Å². The van der Waals surface area contributed by atoms with Gasteiger partial charge in [-0.25, -0.2) is 4.99 Å². The maximum absolute atomic E-state index is 9.72. The van der Waals surface area contributed by atoms with Gasteiger partial charge in [-0.05, 0) is 29.8 Å². The van der Waals surface area contributed by atoms with Crippen molar-refractivity contribution in [2.75, 3.05) is 0 Å². The molecule has 0 amide bonds. The topological polar surface area (TPSA) is 50.0 Å². The maximum atomic E-state index is 9.72. The van der Waals surface area contributed by atoms with Crippen LogP contribution in [0, 0.1) is 0 Å². The summed E-state index contributed by atoms with van der Waals surface area (Å²) in [5, 5.41) is 10.9. The largest absolute Gasteiger partial charge is 1.00 e. The lowest BCUT2D eigenvalue weighted by Crippen LogP contribution is -3.00. The van der Waals surface area contributed by atoms with E-state index in [4.69, 9.17) is 0 Å². The highest BCUT2D eigenvalue weighted by atomic mass is 35.5. The molecule has 0 spiro atoms. The predicted molar refractivity (Wildman–Crippen MR) is 105 cm³/mol. The number of aromatic amines is 1. The number of rotatable bonds is 2. The molecule has 0 saturated carbocycles. The highest BCUT2D eigenvalue weighted by molar-refractivity contribution is 6.24. The van der Waals surface area contributed by atoms with Gasteiger partial charge in [-0.2, -0.15) is 0 Å². The summed E-state index contributed by atoms with van der Waals surface area (Å²) in [6, 6.07) is 24.0. The average Bonchev–Trinajstić information content (AvgIpc) is 3.29. The van der Waals surface area contributed by atoms with Gasteiger partial charge < -0.3 is 22.5 Å². The molecule has 1 aliphatic heterocycles. The molecule has 5 rings (SSSR count). The number of halogens is 1. The molecule has 1 aromatic heterocycles. The van der Waals surface area contributed by atoms with Crippen molar-refractivity contribution in [3.8, 4) is 5.75 Å². The SMILES string of the molecule is Oc1ccc(/C(=C2/C=[NH+]c3ccccc32)c2c[nH]c3ccccc23)cc1.[Cl-]. The fourth-order valence-corrected chi connectivity index (χ4v) is 3.64. The summed E-state index contributed by atoms with van der Waals surface area (Å²) < 4.78 is 0. The summed E-state index contributed by atoms with van der Waals surface area (Å²) >= 11 is 0. The smallest absolute Gasteiger partial charge is 0.211 e. The molecule has 3 aromatic carbocycles. The third-order valence-electron chi connectivity index (χ3n) is 4.87. The third kappa shape index (κ3) is 2.82. The van der Waals surface area contributed by atoms with Crippen LogP contribution in [0.4, 0.5) is 5.69 Å². The lowest BCUT2D eigenvalue weighted by atomic mass is 9.90. The van der Waals surface area contributed by atoms with Gasteiger partial charge in [-0.1, -0.05) is 42.5 Å². The fourth-order valence-electron chi connectivity index (χ4n) is 3.64. The monoisotopic (exact) mass is 372 g/mol. The number of phenolic OH excluding ortho intramolecular Hbond substituents is 1. The van der Waals surface area contributed by atoms with Crippen LogP contribution in [0.5, 0.6) is 5.75 Å². The van der Waals surface area contributed by atoms with Crippen LogP contribution in [0.1, 0.15) is 16.7 Å². The quantitative estimate of drug-likeness (QED) is 0.475. The highest BCUT2D eigenvalue weighted by Gasteiger charge is 2.24. The van der Waals surface area contributed by atoms with Gasteiger partial charge in [0.05, 0.1) is 11.1 Å². The highest BCUT2D eigenvalue weighted by Crippen LogP contribution is 2.37. The van der Waals surface area contributed by atoms with Gasteiger partial charge in [0.25, 0.3) is 0 Å². The molecule has 0 unspecified atom stereocenters. The number of aromatic hydroxyl groups is 1. The molecule has 0 aliphatic carbocycles. The third-order valence-corrected chi connectivity index (χ3v) is 4.87. The van der Waals surface area contributed by atoms with Crippen LogP contribution >= 0.6 is 0 Å². The van der Waals surface area contributed by atoms with Crippen LogP contribution in [0.15, 0.2) is 79.0 Å². The fraction of sp³-hybridized carbons (Fsp3) is 0.